The summed E-state index contributed by atoms with van der Waals surface area (Å²) < 4.78 is 19.0. The number of fused-ring (bicyclic) bond motifs is 9. The van der Waals surface area contributed by atoms with Crippen LogP contribution in [0.5, 0.6) is 34.5 Å². The van der Waals surface area contributed by atoms with Crippen LogP contribution < -0.4 is 14.2 Å². The van der Waals surface area contributed by atoms with Gasteiger partial charge in [-0.1, -0.05) is 309 Å². The van der Waals surface area contributed by atoms with E-state index in [1.54, 1.807) is 0 Å². The molecule has 2 atom stereocenters. The Morgan fingerprint density at radius 3 is 1.21 bits per heavy atom. The van der Waals surface area contributed by atoms with E-state index in [2.05, 4.69) is 328 Å². The Hall–Kier alpha value is -17.5. The van der Waals surface area contributed by atoms with Gasteiger partial charge in [0.15, 0.2) is 11.7 Å². The number of para-hydroxylation sites is 3. The highest BCUT2D eigenvalue weighted by molar-refractivity contribution is 6.18. The number of amidine groups is 2. The molecule has 21 aromatic rings. The summed E-state index contributed by atoms with van der Waals surface area (Å²) in [7, 11) is 0. The number of nitrogens with zero attached hydrogens (tertiary/aromatic N) is 8. The Bertz CT molecular complexity index is 8250. The molecule has 636 valence electrons. The van der Waals surface area contributed by atoms with Gasteiger partial charge in [-0.2, -0.15) is 0 Å². The topological polar surface area (TPSA) is 129 Å². The molecule has 11 heteroatoms. The number of ether oxygens (including phenoxy) is 3. The maximum atomic E-state index is 6.34. The summed E-state index contributed by atoms with van der Waals surface area (Å²) >= 11 is 0. The molecule has 6 aliphatic rings. The first-order chi connectivity index (χ1) is 66.8. The van der Waals surface area contributed by atoms with Crippen molar-refractivity contribution in [3.05, 3.63) is 476 Å². The fraction of sp³-hybridized carbons (Fsp3) is 0.0484. The Morgan fingerprint density at radius 1 is 0.244 bits per heavy atom. The zero-order chi connectivity index (χ0) is 89.2. The molecule has 0 amide bonds. The molecule has 17 aromatic carbocycles. The number of benzene rings is 17. The molecule has 27 rings (SSSR count). The van der Waals surface area contributed by atoms with Crippen molar-refractivity contribution >= 4 is 93.6 Å². The first-order valence-corrected chi connectivity index (χ1v) is 46.0. The van der Waals surface area contributed by atoms with Crippen LogP contribution in [0.2, 0.25) is 0 Å². The van der Waals surface area contributed by atoms with Crippen molar-refractivity contribution in [1.29, 1.82) is 0 Å². The van der Waals surface area contributed by atoms with Crippen molar-refractivity contribution in [3.63, 3.8) is 0 Å². The third-order valence-corrected chi connectivity index (χ3v) is 26.6. The molecule has 5 aliphatic heterocycles. The summed E-state index contributed by atoms with van der Waals surface area (Å²) in [4.78, 5) is 40.3. The molecule has 11 nitrogen and oxygen atoms in total. The van der Waals surface area contributed by atoms with Crippen molar-refractivity contribution in [1.82, 2.24) is 19.9 Å². The van der Waals surface area contributed by atoms with E-state index in [1.807, 2.05) is 110 Å². The summed E-state index contributed by atoms with van der Waals surface area (Å²) in [5.41, 5.74) is 30.6. The minimum atomic E-state index is 0.00358. The third-order valence-electron chi connectivity index (χ3n) is 26.6. The molecule has 0 N–H and O–H groups in total. The molecule has 2 unspecified atom stereocenters. The maximum absolute atomic E-state index is 6.34. The SMILES string of the molecule is C1=CC(c2cc(-c3ccc4ncc(-c5ccc6c7c(cccc57)-c5ccccc5O6)cc4c3)cc(-c3ccccc3)n2)=CCC1.c1ccc(C2=NC(c3ccccc3)CC(c3ccc4cc(-c5ccc6c7c(cccc57)-c5ccccc5O6)cnc4c3)=N2)cc1.c1ccc(C2=NC(c3ccccc3)CC(c3ccc4cc(-c5ccc6c7c(cccc57)-c5ccccc5O6)ncc4c3)=N2)cc1. The van der Waals surface area contributed by atoms with Crippen LogP contribution in [0.4, 0.5) is 0 Å². The lowest BCUT2D eigenvalue weighted by molar-refractivity contribution is 0.487. The number of hydrogen-bond acceptors (Lipinski definition) is 11. The number of hydrogen-bond donors (Lipinski definition) is 0. The molecule has 4 aromatic heterocycles. The standard InChI is InChI=1S/C42H28N2O.2C41H27N3O/c1-3-10-27(11-4-1)38-24-30(25-39(44-38)28-12-5-2-6-13-28)29-18-20-37-31(22-29)23-32(26-43-37)33-19-21-41-42-35(33)15-9-16-36(42)34-14-7-8-17-40(34)45-41;1-3-10-26(11-4-1)35-24-36(44-41(43-35)27-12-5-2-6-13-27)29-19-18-28-23-37(42-25-30(28)22-29)31-20-21-39-40-33(31)15-9-16-34(40)32-14-7-8-17-38(32)45-39;1-3-10-26(11-4-1)36-24-37(44-41(43-36)27-12-5-2-6-13-27)29-19-18-28-22-30(25-42-35(28)23-29)31-20-21-39-40-33(31)15-9-16-34(40)32-14-7-8-17-38(32)45-39/h1,3-5,7-26H,2,6H2;1-23,25,35H,24H2;1-23,25,36H,24H2. The van der Waals surface area contributed by atoms with Gasteiger partial charge in [-0.15, -0.1) is 0 Å². The summed E-state index contributed by atoms with van der Waals surface area (Å²) in [5, 5.41) is 11.3. The van der Waals surface area contributed by atoms with Crippen molar-refractivity contribution < 1.29 is 14.2 Å². The number of aromatic nitrogens is 4. The fourth-order valence-corrected chi connectivity index (χ4v) is 20.0. The van der Waals surface area contributed by atoms with Crippen molar-refractivity contribution in [2.24, 2.45) is 20.0 Å². The number of allylic oxidation sites excluding steroid dienone is 4. The van der Waals surface area contributed by atoms with Crippen LogP contribution >= 0.6 is 0 Å². The van der Waals surface area contributed by atoms with Gasteiger partial charge < -0.3 is 14.2 Å². The lowest BCUT2D eigenvalue weighted by Crippen LogP contribution is -2.17. The second-order valence-electron chi connectivity index (χ2n) is 34.9. The number of pyridine rings is 4. The molecule has 0 spiro atoms. The van der Waals surface area contributed by atoms with Crippen LogP contribution in [0.3, 0.4) is 0 Å². The van der Waals surface area contributed by atoms with Crippen LogP contribution in [0.15, 0.2) is 457 Å². The smallest absolute Gasteiger partial charge is 0.155 e. The maximum Gasteiger partial charge on any atom is 0.155 e. The van der Waals surface area contributed by atoms with Gasteiger partial charge in [0.1, 0.15) is 34.5 Å². The van der Waals surface area contributed by atoms with E-state index < -0.39 is 0 Å². The van der Waals surface area contributed by atoms with Crippen molar-refractivity contribution in [2.75, 3.05) is 0 Å². The first kappa shape index (κ1) is 79.6. The lowest BCUT2D eigenvalue weighted by Gasteiger charge is -2.22. The molecular weight excluding hydrogens is 1650 g/mol. The summed E-state index contributed by atoms with van der Waals surface area (Å²) in [5.74, 6) is 6.89. The Balaban J connectivity index is 0.000000108. The van der Waals surface area contributed by atoms with Gasteiger partial charge in [0.2, 0.25) is 0 Å². The molecular formula is C124H82N8O3. The molecule has 9 heterocycles. The van der Waals surface area contributed by atoms with Crippen molar-refractivity contribution in [2.45, 2.75) is 37.8 Å². The fourth-order valence-electron chi connectivity index (χ4n) is 20.0. The average Bonchev–Trinajstić information content (AvgIpc) is 0.743. The second kappa shape index (κ2) is 34.1. The minimum Gasteiger partial charge on any atom is -0.456 e. The summed E-state index contributed by atoms with van der Waals surface area (Å²) in [6.07, 6.45) is 16.3. The monoisotopic (exact) mass is 1730 g/mol. The van der Waals surface area contributed by atoms with Gasteiger partial charge in [0.25, 0.3) is 0 Å². The van der Waals surface area contributed by atoms with Crippen LogP contribution in [0, 0.1) is 0 Å². The van der Waals surface area contributed by atoms with Crippen LogP contribution in [-0.4, -0.2) is 43.0 Å². The van der Waals surface area contributed by atoms with E-state index in [0.717, 1.165) is 249 Å². The van der Waals surface area contributed by atoms with Gasteiger partial charge in [0.05, 0.1) is 51.6 Å². The van der Waals surface area contributed by atoms with E-state index in [0.29, 0.717) is 0 Å². The van der Waals surface area contributed by atoms with Gasteiger partial charge in [-0.3, -0.25) is 24.9 Å². The largest absolute Gasteiger partial charge is 0.456 e. The molecule has 135 heavy (non-hydrogen) atoms. The predicted molar refractivity (Wildman–Crippen MR) is 552 cm³/mol. The number of rotatable bonds is 12. The summed E-state index contributed by atoms with van der Waals surface area (Å²) in [6, 6.07) is 140. The Labute approximate surface area is 780 Å². The van der Waals surface area contributed by atoms with E-state index >= 15 is 0 Å². The zero-order valence-electron chi connectivity index (χ0n) is 73.4. The number of aliphatic imine (C=N–C) groups is 4. The van der Waals surface area contributed by atoms with Crippen LogP contribution in [0.1, 0.15) is 76.8 Å². The Morgan fingerprint density at radius 2 is 0.681 bits per heavy atom. The highest BCUT2D eigenvalue weighted by Gasteiger charge is 2.30. The zero-order valence-corrected chi connectivity index (χ0v) is 73.4. The van der Waals surface area contributed by atoms with E-state index in [4.69, 9.17) is 54.1 Å². The molecule has 0 radical (unpaired) electrons. The minimum absolute atomic E-state index is 0.00358. The Kier molecular flexibility index (Phi) is 20.1. The van der Waals surface area contributed by atoms with Crippen LogP contribution in [0.25, 0.3) is 160 Å². The van der Waals surface area contributed by atoms with Gasteiger partial charge >= 0.3 is 0 Å². The third kappa shape index (κ3) is 15.0. The molecule has 0 bridgehead atoms. The first-order valence-electron chi connectivity index (χ1n) is 46.0. The molecule has 0 saturated carbocycles. The highest BCUT2D eigenvalue weighted by atomic mass is 16.5. The van der Waals surface area contributed by atoms with Gasteiger partial charge in [-0.05, 0) is 210 Å². The highest BCUT2D eigenvalue weighted by Crippen LogP contribution is 2.53. The molecule has 0 saturated heterocycles. The van der Waals surface area contributed by atoms with Crippen molar-refractivity contribution in [3.8, 4) is 124 Å². The molecule has 0 fully saturated rings. The second-order valence-corrected chi connectivity index (χ2v) is 34.9. The van der Waals surface area contributed by atoms with Gasteiger partial charge in [0, 0.05) is 114 Å². The quantitative estimate of drug-likeness (QED) is 0.119. The summed E-state index contributed by atoms with van der Waals surface area (Å²) in [6.45, 7) is 0. The van der Waals surface area contributed by atoms with Gasteiger partial charge in [-0.25, -0.2) is 15.0 Å². The normalized spacial score (nSPS) is 14.6. The van der Waals surface area contributed by atoms with E-state index in [-0.39, 0.29) is 12.1 Å². The average molecular weight is 1730 g/mol. The van der Waals surface area contributed by atoms with Crippen LogP contribution in [-0.2, 0) is 0 Å². The molecule has 1 aliphatic carbocycles. The lowest BCUT2D eigenvalue weighted by atomic mass is 9.90. The van der Waals surface area contributed by atoms with E-state index in [1.165, 1.54) is 33.4 Å². The van der Waals surface area contributed by atoms with E-state index in [9.17, 15) is 0 Å². The predicted octanol–water partition coefficient (Wildman–Crippen LogP) is 31.7.